The van der Waals surface area contributed by atoms with Gasteiger partial charge in [0.25, 0.3) is 0 Å². The van der Waals surface area contributed by atoms with Crippen LogP contribution in [0, 0.1) is 0 Å². The Kier molecular flexibility index (Phi) is 2.35. The van der Waals surface area contributed by atoms with Gasteiger partial charge < -0.3 is 9.84 Å². The van der Waals surface area contributed by atoms with Crippen molar-refractivity contribution in [2.24, 2.45) is 0 Å². The molecule has 0 aliphatic carbocycles. The number of cyclic esters (lactones) is 1. The molecule has 4 nitrogen and oxygen atoms in total. The number of carboxylic acid groups (broad SMARTS) is 1. The molecule has 0 bridgehead atoms. The molecule has 68 valence electrons. The number of hydrogen-bond acceptors (Lipinski definition) is 3. The van der Waals surface area contributed by atoms with E-state index in [2.05, 4.69) is 0 Å². The molecule has 1 atom stereocenters. The quantitative estimate of drug-likeness (QED) is 0.630. The van der Waals surface area contributed by atoms with Gasteiger partial charge in [-0.1, -0.05) is 0 Å². The largest absolute Gasteiger partial charge is 0.481 e. The van der Waals surface area contributed by atoms with Gasteiger partial charge in [0.15, 0.2) is 0 Å². The van der Waals surface area contributed by atoms with Gasteiger partial charge in [-0.05, 0) is 19.8 Å². The Morgan fingerprint density at radius 3 is 2.92 bits per heavy atom. The van der Waals surface area contributed by atoms with Crippen LogP contribution >= 0.6 is 0 Å². The highest BCUT2D eigenvalue weighted by atomic mass is 16.6. The molecule has 0 aromatic carbocycles. The summed E-state index contributed by atoms with van der Waals surface area (Å²) in [5.41, 5.74) is -0.777. The molecule has 0 aromatic heterocycles. The van der Waals surface area contributed by atoms with Crippen molar-refractivity contribution in [1.82, 2.24) is 0 Å². The van der Waals surface area contributed by atoms with Crippen molar-refractivity contribution < 1.29 is 19.4 Å². The molecule has 0 saturated carbocycles. The molecule has 0 amide bonds. The van der Waals surface area contributed by atoms with E-state index in [1.54, 1.807) is 6.92 Å². The summed E-state index contributed by atoms with van der Waals surface area (Å²) in [6, 6.07) is 0. The Hall–Kier alpha value is -1.06. The van der Waals surface area contributed by atoms with E-state index in [9.17, 15) is 9.59 Å². The minimum atomic E-state index is -0.924. The third-order valence-electron chi connectivity index (χ3n) is 1.97. The topological polar surface area (TPSA) is 63.6 Å². The fraction of sp³-hybridized carbons (Fsp3) is 0.750. The van der Waals surface area contributed by atoms with E-state index in [0.717, 1.165) is 6.42 Å². The molecule has 1 N–H and O–H groups in total. The molecule has 12 heavy (non-hydrogen) atoms. The Morgan fingerprint density at radius 2 is 2.42 bits per heavy atom. The summed E-state index contributed by atoms with van der Waals surface area (Å²) >= 11 is 0. The van der Waals surface area contributed by atoms with E-state index in [0.29, 0.717) is 12.8 Å². The third kappa shape index (κ3) is 2.22. The molecular formula is C8H12O4. The molecule has 0 radical (unpaired) electrons. The first-order valence-corrected chi connectivity index (χ1v) is 3.95. The fourth-order valence-corrected chi connectivity index (χ4v) is 1.43. The molecule has 1 aliphatic rings. The van der Waals surface area contributed by atoms with Gasteiger partial charge >= 0.3 is 11.9 Å². The highest BCUT2D eigenvalue weighted by Gasteiger charge is 2.34. The van der Waals surface area contributed by atoms with Crippen LogP contribution in [-0.2, 0) is 14.3 Å². The maximum Gasteiger partial charge on any atom is 0.307 e. The average Bonchev–Trinajstić information content (AvgIpc) is 1.82. The number of carbonyl (C=O) groups is 2. The van der Waals surface area contributed by atoms with E-state index in [-0.39, 0.29) is 12.4 Å². The zero-order valence-electron chi connectivity index (χ0n) is 7.00. The maximum absolute atomic E-state index is 10.8. The minimum absolute atomic E-state index is 0.0985. The number of carboxylic acids is 1. The van der Waals surface area contributed by atoms with Gasteiger partial charge in [-0.2, -0.15) is 0 Å². The van der Waals surface area contributed by atoms with E-state index in [1.807, 2.05) is 0 Å². The summed E-state index contributed by atoms with van der Waals surface area (Å²) in [5.74, 6) is -1.21. The van der Waals surface area contributed by atoms with Crippen LogP contribution in [0.3, 0.4) is 0 Å². The van der Waals surface area contributed by atoms with Crippen molar-refractivity contribution in [3.8, 4) is 0 Å². The van der Waals surface area contributed by atoms with Gasteiger partial charge in [-0.25, -0.2) is 0 Å². The van der Waals surface area contributed by atoms with E-state index in [4.69, 9.17) is 9.84 Å². The van der Waals surface area contributed by atoms with Gasteiger partial charge in [0.2, 0.25) is 0 Å². The average molecular weight is 172 g/mol. The van der Waals surface area contributed by atoms with Crippen molar-refractivity contribution in [2.45, 2.75) is 38.2 Å². The van der Waals surface area contributed by atoms with E-state index >= 15 is 0 Å². The van der Waals surface area contributed by atoms with Crippen LogP contribution in [0.25, 0.3) is 0 Å². The fourth-order valence-electron chi connectivity index (χ4n) is 1.43. The molecule has 0 aromatic rings. The number of hydrogen-bond donors (Lipinski definition) is 1. The Morgan fingerprint density at radius 1 is 1.75 bits per heavy atom. The second kappa shape index (κ2) is 3.13. The first-order valence-electron chi connectivity index (χ1n) is 3.95. The van der Waals surface area contributed by atoms with Crippen molar-refractivity contribution >= 4 is 11.9 Å². The molecule has 0 spiro atoms. The first kappa shape index (κ1) is 9.03. The van der Waals surface area contributed by atoms with Crippen molar-refractivity contribution in [3.05, 3.63) is 0 Å². The second-order valence-electron chi connectivity index (χ2n) is 3.35. The summed E-state index contributed by atoms with van der Waals surface area (Å²) in [4.78, 5) is 21.2. The monoisotopic (exact) mass is 172 g/mol. The van der Waals surface area contributed by atoms with Crippen LogP contribution in [0.5, 0.6) is 0 Å². The smallest absolute Gasteiger partial charge is 0.307 e. The molecule has 4 heteroatoms. The van der Waals surface area contributed by atoms with E-state index in [1.165, 1.54) is 0 Å². The lowest BCUT2D eigenvalue weighted by Crippen LogP contribution is -2.37. The van der Waals surface area contributed by atoms with Gasteiger partial charge in [-0.15, -0.1) is 0 Å². The Labute approximate surface area is 70.5 Å². The molecule has 1 aliphatic heterocycles. The molecule has 1 unspecified atom stereocenters. The normalized spacial score (nSPS) is 29.6. The lowest BCUT2D eigenvalue weighted by molar-refractivity contribution is -0.169. The summed E-state index contributed by atoms with van der Waals surface area (Å²) in [6.45, 7) is 1.66. The van der Waals surface area contributed by atoms with Crippen LogP contribution in [0.15, 0.2) is 0 Å². The summed E-state index contributed by atoms with van der Waals surface area (Å²) in [7, 11) is 0. The zero-order valence-corrected chi connectivity index (χ0v) is 7.00. The summed E-state index contributed by atoms with van der Waals surface area (Å²) in [5, 5.41) is 8.53. The maximum atomic E-state index is 10.8. The first-order chi connectivity index (χ1) is 5.52. The number of aliphatic carboxylic acids is 1. The summed E-state index contributed by atoms with van der Waals surface area (Å²) < 4.78 is 4.96. The number of carbonyl (C=O) groups excluding carboxylic acids is 1. The minimum Gasteiger partial charge on any atom is -0.481 e. The SMILES string of the molecule is CC1(CC(=O)O)CCCC(=O)O1. The van der Waals surface area contributed by atoms with Crippen LogP contribution in [-0.4, -0.2) is 22.6 Å². The molecule has 1 fully saturated rings. The van der Waals surface area contributed by atoms with Gasteiger partial charge in [0.1, 0.15) is 5.60 Å². The Bertz CT molecular complexity index is 207. The lowest BCUT2D eigenvalue weighted by Gasteiger charge is -2.31. The van der Waals surface area contributed by atoms with Gasteiger partial charge in [-0.3, -0.25) is 9.59 Å². The summed E-state index contributed by atoms with van der Waals surface area (Å²) in [6.07, 6.45) is 1.68. The predicted octanol–water partition coefficient (Wildman–Crippen LogP) is 0.947. The molecule has 1 heterocycles. The highest BCUT2D eigenvalue weighted by Crippen LogP contribution is 2.28. The van der Waals surface area contributed by atoms with Gasteiger partial charge in [0.05, 0.1) is 6.42 Å². The van der Waals surface area contributed by atoms with Crippen LogP contribution in [0.2, 0.25) is 0 Å². The number of esters is 1. The van der Waals surface area contributed by atoms with Gasteiger partial charge in [0, 0.05) is 6.42 Å². The van der Waals surface area contributed by atoms with Crippen LogP contribution < -0.4 is 0 Å². The molecule has 1 rings (SSSR count). The van der Waals surface area contributed by atoms with Crippen molar-refractivity contribution in [3.63, 3.8) is 0 Å². The second-order valence-corrected chi connectivity index (χ2v) is 3.35. The highest BCUT2D eigenvalue weighted by molar-refractivity contribution is 5.73. The zero-order chi connectivity index (χ0) is 9.19. The predicted molar refractivity (Wildman–Crippen MR) is 40.6 cm³/mol. The van der Waals surface area contributed by atoms with Crippen LogP contribution in [0.4, 0.5) is 0 Å². The molecular weight excluding hydrogens is 160 g/mol. The van der Waals surface area contributed by atoms with E-state index < -0.39 is 11.6 Å². The number of rotatable bonds is 2. The van der Waals surface area contributed by atoms with Crippen molar-refractivity contribution in [2.75, 3.05) is 0 Å². The Balaban J connectivity index is 2.57. The third-order valence-corrected chi connectivity index (χ3v) is 1.97. The molecule has 1 saturated heterocycles. The lowest BCUT2D eigenvalue weighted by atomic mass is 9.92. The number of ether oxygens (including phenoxy) is 1. The standard InChI is InChI=1S/C8H12O4/c1-8(5-6(9)10)4-2-3-7(11)12-8/h2-5H2,1H3,(H,9,10). The van der Waals surface area contributed by atoms with Crippen LogP contribution in [0.1, 0.15) is 32.6 Å². The van der Waals surface area contributed by atoms with Crippen molar-refractivity contribution in [1.29, 1.82) is 0 Å².